The van der Waals surface area contributed by atoms with Gasteiger partial charge in [-0.3, -0.25) is 47.9 Å². The largest absolute Gasteiger partial charge is 0.445 e. The van der Waals surface area contributed by atoms with Crippen molar-refractivity contribution in [2.24, 2.45) is 34.8 Å². The van der Waals surface area contributed by atoms with E-state index in [2.05, 4.69) is 52.8 Å². The van der Waals surface area contributed by atoms with Crippen LogP contribution in [0.4, 0.5) is 20.1 Å². The van der Waals surface area contributed by atoms with Gasteiger partial charge in [-0.05, 0) is 66.5 Å². The van der Waals surface area contributed by atoms with Crippen molar-refractivity contribution < 1.29 is 76.9 Å². The Morgan fingerprint density at radius 2 is 1.47 bits per heavy atom. The van der Waals surface area contributed by atoms with E-state index in [9.17, 15) is 67.4 Å². The van der Waals surface area contributed by atoms with E-state index in [0.717, 1.165) is 16.7 Å². The molecule has 9 atom stereocenters. The molecule has 0 bridgehead atoms. The Morgan fingerprint density at radius 3 is 2.09 bits per heavy atom. The Morgan fingerprint density at radius 1 is 0.819 bits per heavy atom. The summed E-state index contributed by atoms with van der Waals surface area (Å²) < 4.78 is 11.2. The highest BCUT2D eigenvalue weighted by Gasteiger charge is 2.42. The number of β-amino-alcohol motifs (C(OH)–C–C–N with tert-alkyl or cyclic N) is 1. The van der Waals surface area contributed by atoms with E-state index in [-0.39, 0.29) is 86.4 Å². The van der Waals surface area contributed by atoms with Gasteiger partial charge >= 0.3 is 18.2 Å². The van der Waals surface area contributed by atoms with E-state index < -0.39 is 145 Å². The molecule has 0 aliphatic carbocycles. The van der Waals surface area contributed by atoms with Gasteiger partial charge in [0.25, 0.3) is 0 Å². The average molecular weight is 1340 g/mol. The van der Waals surface area contributed by atoms with Gasteiger partial charge in [0.15, 0.2) is 0 Å². The molecule has 94 heavy (non-hydrogen) atoms. The number of aliphatic hydroxyl groups excluding tert-OH is 1. The number of thioether (sulfide) groups is 1. The summed E-state index contributed by atoms with van der Waals surface area (Å²) in [5.41, 5.74) is 24.4. The zero-order chi connectivity index (χ0) is 69.7. The molecule has 1 fully saturated rings. The van der Waals surface area contributed by atoms with Gasteiger partial charge < -0.3 is 105 Å². The number of likely N-dealkylation sites (N-methyl/N-ethyl adjacent to an activating group) is 2. The maximum absolute atomic E-state index is 14.3. The number of aromatic amines is 1. The second kappa shape index (κ2) is 35.7. The van der Waals surface area contributed by atoms with Crippen LogP contribution < -0.4 is 75.5 Å². The van der Waals surface area contributed by atoms with E-state index in [0.29, 0.717) is 40.6 Å². The molecule has 19 N–H and O–H groups in total. The summed E-state index contributed by atoms with van der Waals surface area (Å²) >= 11 is 0.947. The second-order valence-corrected chi connectivity index (χ2v) is 24.8. The smallest absolute Gasteiger partial charge is 0.415 e. The van der Waals surface area contributed by atoms with Crippen molar-refractivity contribution in [3.05, 3.63) is 53.6 Å². The van der Waals surface area contributed by atoms with Gasteiger partial charge in [-0.2, -0.15) is 0 Å². The van der Waals surface area contributed by atoms with E-state index in [1.54, 1.807) is 44.2 Å². The maximum atomic E-state index is 14.3. The van der Waals surface area contributed by atoms with Crippen LogP contribution in [0, 0.1) is 11.8 Å². The van der Waals surface area contributed by atoms with Crippen LogP contribution in [-0.2, 0) is 65.7 Å². The number of nitrogens with two attached hydrogens (primary N) is 4. The maximum Gasteiger partial charge on any atom is 0.415 e. The monoisotopic (exact) mass is 1340 g/mol. The molecule has 2 aromatic carbocycles. The lowest BCUT2D eigenvalue weighted by Gasteiger charge is -2.28. The molecule has 2 aliphatic rings. The van der Waals surface area contributed by atoms with Crippen LogP contribution in [-0.4, -0.2) is 216 Å². The molecule has 33 nitrogen and oxygen atoms in total. The first kappa shape index (κ1) is 75.4. The topological polar surface area (TPSA) is 498 Å². The van der Waals surface area contributed by atoms with Crippen LogP contribution in [0.5, 0.6) is 5.75 Å². The first-order valence-electron chi connectivity index (χ1n) is 30.7. The molecular weight excluding hydrogens is 1250 g/mol. The SMILES string of the molecule is CC[C@H](C)[C@@H]1NC(=O)CNC(=O)[C@@H](N)Cc2c([nH]c3cc(OC(=O)N(C)CCN(C)C(=O)OCc4ccc(NC(=O)[C@H](CCCNC(N)=O)NC(=O)[C@@H](NC(C)C)C(C)C)cc4)ccc23)SC[C@@H](C(=O)N[C@@H](CC(N)=O)C(=O)N2C[C@H](O)C[C@H]2C(N)=O)NC(=O)CNC1=O. The predicted octanol–water partition coefficient (Wildman–Crippen LogP) is -2.21. The van der Waals surface area contributed by atoms with Crippen LogP contribution in [0.3, 0.4) is 0 Å². The number of nitrogens with one attached hydrogen (secondary N) is 10. The molecule has 0 radical (unpaired) electrons. The van der Waals surface area contributed by atoms with Crippen molar-refractivity contribution in [1.82, 2.24) is 62.2 Å². The first-order valence-corrected chi connectivity index (χ1v) is 31.7. The fourth-order valence-electron chi connectivity index (χ4n) is 10.0. The Balaban J connectivity index is 1.28. The lowest BCUT2D eigenvalue weighted by Crippen LogP contribution is -2.58. The number of hydrogen-bond donors (Lipinski definition) is 15. The third kappa shape index (κ3) is 22.8. The lowest BCUT2D eigenvalue weighted by molar-refractivity contribution is -0.142. The van der Waals surface area contributed by atoms with Crippen LogP contribution in [0.15, 0.2) is 47.5 Å². The molecule has 0 spiro atoms. The van der Waals surface area contributed by atoms with E-state index in [4.69, 9.17) is 32.4 Å². The van der Waals surface area contributed by atoms with Gasteiger partial charge in [-0.1, -0.05) is 60.1 Å². The number of primary amides is 3. The van der Waals surface area contributed by atoms with E-state index >= 15 is 0 Å². The van der Waals surface area contributed by atoms with Gasteiger partial charge in [0, 0.05) is 75.6 Å². The number of urea groups is 1. The lowest BCUT2D eigenvalue weighted by atomic mass is 9.98. The Bertz CT molecular complexity index is 3240. The van der Waals surface area contributed by atoms with E-state index in [1.165, 1.54) is 36.0 Å². The molecule has 14 amide bonds. The molecule has 0 unspecified atom stereocenters. The molecule has 5 rings (SSSR count). The van der Waals surface area contributed by atoms with Crippen LogP contribution in [0.2, 0.25) is 0 Å². The van der Waals surface area contributed by atoms with Crippen molar-refractivity contribution in [3.63, 3.8) is 0 Å². The standard InChI is InChI=1S/C60H89N17O16S/c1-9-32(6)49-54(86)67-25-46(80)70-43(53(85)72-42(24-45(62)79)57(88)77-27-35(78)21-44(77)50(63)82)29-94-56-38(23-39(61)51(83)66-26-47(81)74-49)37-17-16-36(22-41(37)73-56)93-60(91)76(8)20-19-75(7)59(90)92-28-33-12-14-34(15-13-33)69-52(84)40(11-10-18-65-58(64)89)71-55(87)48(30(2)3)68-31(4)5/h12-17,22,30-32,35,39-40,42-44,48-49,68,73,78H,9-11,18-21,23-29,61H2,1-8H3,(H2,62,79)(H2,63,82)(H,66,83)(H,67,86)(H,69,84)(H,70,80)(H,71,87)(H,72,85)(H,74,81)(H3,64,65,89)/t32-,35+,39-,40-,42-,43-,44-,48-,49-/m0/s1. The van der Waals surface area contributed by atoms with Crippen molar-refractivity contribution in [2.45, 2.75) is 146 Å². The highest BCUT2D eigenvalue weighted by atomic mass is 32.2. The van der Waals surface area contributed by atoms with Crippen molar-refractivity contribution >= 4 is 106 Å². The summed E-state index contributed by atoms with van der Waals surface area (Å²) in [5.74, 6) is -8.80. The number of H-pyrrole nitrogens is 1. The van der Waals surface area contributed by atoms with Crippen molar-refractivity contribution in [2.75, 3.05) is 64.4 Å². The number of aromatic nitrogens is 1. The highest BCUT2D eigenvalue weighted by Crippen LogP contribution is 2.34. The second-order valence-electron chi connectivity index (χ2n) is 23.8. The Labute approximate surface area is 547 Å². The van der Waals surface area contributed by atoms with Crippen LogP contribution >= 0.6 is 11.8 Å². The summed E-state index contributed by atoms with van der Waals surface area (Å²) in [4.78, 5) is 178. The average Bonchev–Trinajstić information content (AvgIpc) is 1.67. The molecule has 34 heteroatoms. The highest BCUT2D eigenvalue weighted by molar-refractivity contribution is 7.99. The third-order valence-electron chi connectivity index (χ3n) is 15.5. The molecule has 1 saturated heterocycles. The number of likely N-dealkylation sites (tertiary alicyclic amines) is 1. The Hall–Kier alpha value is -9.28. The molecular formula is C60H89N17O16S. The molecule has 3 aromatic rings. The van der Waals surface area contributed by atoms with Crippen molar-refractivity contribution in [3.8, 4) is 5.75 Å². The number of aliphatic hydroxyl groups is 1. The first-order chi connectivity index (χ1) is 44.3. The summed E-state index contributed by atoms with van der Waals surface area (Å²) in [6, 6.07) is 1.74. The summed E-state index contributed by atoms with van der Waals surface area (Å²) in [5, 5.41) is 34.9. The number of ether oxygens (including phenoxy) is 2. The molecule has 516 valence electrons. The summed E-state index contributed by atoms with van der Waals surface area (Å²) in [7, 11) is 2.91. The minimum atomic E-state index is -1.71. The molecule has 0 saturated carbocycles. The van der Waals surface area contributed by atoms with Gasteiger partial charge in [-0.15, -0.1) is 11.8 Å². The fourth-order valence-corrected chi connectivity index (χ4v) is 11.1. The van der Waals surface area contributed by atoms with Crippen LogP contribution in [0.1, 0.15) is 84.8 Å². The third-order valence-corrected chi connectivity index (χ3v) is 16.6. The van der Waals surface area contributed by atoms with E-state index in [1.807, 2.05) is 27.7 Å². The predicted molar refractivity (Wildman–Crippen MR) is 343 cm³/mol. The summed E-state index contributed by atoms with van der Waals surface area (Å²) in [6.45, 7) is 9.45. The molecule has 3 heterocycles. The zero-order valence-corrected chi connectivity index (χ0v) is 54.7. The molecule has 2 aliphatic heterocycles. The number of fused-ring (bicyclic) bond motifs is 3. The number of carbonyl (C=O) groups excluding carboxylic acids is 13. The minimum Gasteiger partial charge on any atom is -0.445 e. The quantitative estimate of drug-likeness (QED) is 0.0400. The fraction of sp³-hybridized carbons (Fsp3) is 0.550. The zero-order valence-electron chi connectivity index (χ0n) is 53.9. The van der Waals surface area contributed by atoms with Crippen LogP contribution in [0.25, 0.3) is 10.9 Å². The van der Waals surface area contributed by atoms with Gasteiger partial charge in [0.05, 0.1) is 48.2 Å². The number of rotatable bonds is 25. The Kier molecular flexibility index (Phi) is 28.6. The molecule has 1 aromatic heterocycles. The van der Waals surface area contributed by atoms with Gasteiger partial charge in [-0.25, -0.2) is 14.4 Å². The van der Waals surface area contributed by atoms with Crippen molar-refractivity contribution in [1.29, 1.82) is 0 Å². The number of amides is 14. The number of hydrogen-bond acceptors (Lipinski definition) is 19. The minimum absolute atomic E-state index is 0.0000220. The normalized spacial score (nSPS) is 19.4. The number of benzene rings is 2. The van der Waals surface area contributed by atoms with Gasteiger partial charge in [0.1, 0.15) is 42.6 Å². The summed E-state index contributed by atoms with van der Waals surface area (Å²) in [6.07, 6.45) is -2.92. The number of nitrogens with zero attached hydrogens (tertiary/aromatic N) is 3. The van der Waals surface area contributed by atoms with Gasteiger partial charge in [0.2, 0.25) is 59.1 Å². The number of anilines is 1. The number of carbonyl (C=O) groups is 13.